The van der Waals surface area contributed by atoms with Crippen molar-refractivity contribution in [3.63, 3.8) is 0 Å². The largest absolute Gasteiger partial charge is 1.00 e. The molecule has 4 unspecified atom stereocenters. The molecule has 0 amide bonds. The van der Waals surface area contributed by atoms with E-state index in [0.29, 0.717) is 51.8 Å². The molecule has 0 saturated carbocycles. The summed E-state index contributed by atoms with van der Waals surface area (Å²) in [6, 6.07) is 0. The second-order valence-electron chi connectivity index (χ2n) is 6.90. The minimum absolute atomic E-state index is 0. The van der Waals surface area contributed by atoms with E-state index in [0.717, 1.165) is 13.2 Å². The fraction of sp³-hybridized carbons (Fsp3) is 0.889. The van der Waals surface area contributed by atoms with Gasteiger partial charge in [-0.2, -0.15) is 0 Å². The zero-order chi connectivity index (χ0) is 23.7. The van der Waals surface area contributed by atoms with E-state index in [2.05, 4.69) is 9.47 Å². The Morgan fingerprint density at radius 2 is 0.971 bits per heavy atom. The van der Waals surface area contributed by atoms with Gasteiger partial charge in [0.1, 0.15) is 25.4 Å². The molecular formula is C18H29INaO14Si-. The second-order valence-corrected chi connectivity index (χ2v) is 7.09. The van der Waals surface area contributed by atoms with E-state index < -0.39 is 22.0 Å². The van der Waals surface area contributed by atoms with Crippen LogP contribution in [0.5, 0.6) is 0 Å². The van der Waals surface area contributed by atoms with Crippen molar-refractivity contribution in [3.05, 3.63) is 0 Å². The van der Waals surface area contributed by atoms with Gasteiger partial charge in [0.05, 0.1) is 75.7 Å². The van der Waals surface area contributed by atoms with E-state index in [9.17, 15) is 9.59 Å². The smallest absolute Gasteiger partial charge is 1.00 e. The van der Waals surface area contributed by atoms with Crippen molar-refractivity contribution in [1.29, 1.82) is 0 Å². The van der Waals surface area contributed by atoms with Crippen molar-refractivity contribution < 1.29 is 120 Å². The minimum atomic E-state index is -1.17. The van der Waals surface area contributed by atoms with Crippen LogP contribution in [-0.2, 0) is 51.8 Å². The fourth-order valence-corrected chi connectivity index (χ4v) is 2.32. The first-order chi connectivity index (χ1) is 16.1. The molecule has 0 aromatic carbocycles. The van der Waals surface area contributed by atoms with Gasteiger partial charge in [0.2, 0.25) is 0 Å². The maximum absolute atomic E-state index is 10.6. The molecule has 4 fully saturated rings. The van der Waals surface area contributed by atoms with Crippen LogP contribution in [0.2, 0.25) is 0 Å². The van der Waals surface area contributed by atoms with E-state index in [1.54, 1.807) is 0 Å². The molecule has 0 bridgehead atoms. The summed E-state index contributed by atoms with van der Waals surface area (Å²) in [7, 11) is -1.17. The van der Waals surface area contributed by atoms with E-state index in [1.165, 1.54) is 0 Å². The number of cyclic esters (lactones) is 4. The van der Waals surface area contributed by atoms with Crippen LogP contribution in [0, 0.1) is 0 Å². The number of carbonyl (C=O) groups is 2. The predicted octanol–water partition coefficient (Wildman–Crippen LogP) is -7.14. The number of epoxide rings is 2. The monoisotopic (exact) mass is 647 g/mol. The molecule has 14 nitrogen and oxygen atoms in total. The van der Waals surface area contributed by atoms with Gasteiger partial charge in [0.15, 0.2) is 12.2 Å². The van der Waals surface area contributed by atoms with Gasteiger partial charge in [-0.05, 0) is 0 Å². The Balaban J connectivity index is 0.000000593. The van der Waals surface area contributed by atoms with Crippen LogP contribution in [0.15, 0.2) is 0 Å². The molecule has 35 heavy (non-hydrogen) atoms. The molecule has 0 aliphatic carbocycles. The Morgan fingerprint density at radius 1 is 0.686 bits per heavy atom. The Bertz CT molecular complexity index is 537. The van der Waals surface area contributed by atoms with E-state index in [4.69, 9.17) is 47.2 Å². The fourth-order valence-electron chi connectivity index (χ4n) is 2.32. The topological polar surface area (TPSA) is 170 Å². The molecule has 4 heterocycles. The van der Waals surface area contributed by atoms with E-state index in [1.807, 2.05) is 0 Å². The normalized spacial score (nSPS) is 24.9. The molecule has 0 aromatic rings. The average molecular weight is 647 g/mol. The van der Waals surface area contributed by atoms with Gasteiger partial charge in [0.25, 0.3) is 0 Å². The van der Waals surface area contributed by atoms with E-state index in [-0.39, 0.29) is 92.2 Å². The summed E-state index contributed by atoms with van der Waals surface area (Å²) in [4.78, 5) is 28.2. The number of hydrogen-bond acceptors (Lipinski definition) is 13. The Labute approximate surface area is 244 Å². The zero-order valence-electron chi connectivity index (χ0n) is 19.4. The Hall–Kier alpha value is -0.153. The molecular weight excluding hydrogens is 618 g/mol. The zero-order valence-corrected chi connectivity index (χ0v) is 24.6. The molecule has 0 spiro atoms. The molecule has 4 aliphatic heterocycles. The predicted molar refractivity (Wildman–Crippen MR) is 104 cm³/mol. The summed E-state index contributed by atoms with van der Waals surface area (Å²) in [5, 5.41) is 0. The second kappa shape index (κ2) is 21.9. The number of rotatable bonds is 14. The van der Waals surface area contributed by atoms with Gasteiger partial charge in [-0.3, -0.25) is 0 Å². The van der Waals surface area contributed by atoms with Gasteiger partial charge < -0.3 is 80.6 Å². The third kappa shape index (κ3) is 19.6. The third-order valence-electron chi connectivity index (χ3n) is 4.06. The van der Waals surface area contributed by atoms with Gasteiger partial charge in [0, 0.05) is 0 Å². The summed E-state index contributed by atoms with van der Waals surface area (Å²) in [5.74, 6) is 0. The molecule has 4 aliphatic rings. The number of hydrogen-bond donors (Lipinski definition) is 1. The number of ether oxygens (including phenoxy) is 10. The molecule has 4 rings (SSSR count). The first-order valence-electron chi connectivity index (χ1n) is 10.3. The van der Waals surface area contributed by atoms with Gasteiger partial charge in [-0.15, -0.1) is 0 Å². The van der Waals surface area contributed by atoms with Crippen molar-refractivity contribution in [1.82, 2.24) is 0 Å². The van der Waals surface area contributed by atoms with Crippen LogP contribution in [0.1, 0.15) is 0 Å². The van der Waals surface area contributed by atoms with Crippen LogP contribution in [0.25, 0.3) is 0 Å². The quantitative estimate of drug-likeness (QED) is 0.0620. The van der Waals surface area contributed by atoms with Crippen LogP contribution in [0.3, 0.4) is 0 Å². The SMILES string of the molecule is C(COCC1CO1)OCC1CO1.O=C1OCC(COCCOCC2COC(=O)O2)O1.O=[Si-]O.[I-].[Na+]. The van der Waals surface area contributed by atoms with Crippen molar-refractivity contribution in [2.75, 3.05) is 79.3 Å². The van der Waals surface area contributed by atoms with Crippen molar-refractivity contribution in [2.45, 2.75) is 24.4 Å². The Morgan fingerprint density at radius 3 is 1.20 bits per heavy atom. The molecule has 0 aromatic heterocycles. The standard InChI is InChI=1S/C10H14O8.C8H14O4.HI.Na.HO2Si/c11-9-15-5-7(17-9)3-13-1-2-14-4-8-6-16-10(12)18-8;1(9-3-7-5-11-7)2-10-4-8-6-12-8;;;1-3-2/h7-8H,1-6H2;7-8H,1-6H2;1H;;1H/q;;;+1;-1/p-1. The van der Waals surface area contributed by atoms with Crippen LogP contribution in [-0.4, -0.2) is 130 Å². The molecule has 198 valence electrons. The molecule has 0 radical (unpaired) electrons. The number of halogens is 1. The Kier molecular flexibility index (Phi) is 21.8. The summed E-state index contributed by atoms with van der Waals surface area (Å²) < 4.78 is 58.2. The van der Waals surface area contributed by atoms with Crippen LogP contribution in [0.4, 0.5) is 9.59 Å². The van der Waals surface area contributed by atoms with Gasteiger partial charge in [-0.25, -0.2) is 9.59 Å². The van der Waals surface area contributed by atoms with Crippen molar-refractivity contribution >= 4 is 22.0 Å². The molecule has 4 saturated heterocycles. The van der Waals surface area contributed by atoms with Crippen LogP contribution < -0.4 is 53.5 Å². The summed E-state index contributed by atoms with van der Waals surface area (Å²) in [6.45, 7) is 6.15. The molecule has 17 heteroatoms. The first kappa shape index (κ1) is 34.8. The van der Waals surface area contributed by atoms with Gasteiger partial charge in [-0.1, -0.05) is 0 Å². The number of carbonyl (C=O) groups excluding carboxylic acids is 2. The van der Waals surface area contributed by atoms with Crippen molar-refractivity contribution in [2.24, 2.45) is 0 Å². The molecule has 1 N–H and O–H groups in total. The summed E-state index contributed by atoms with van der Waals surface area (Å²) >= 11 is 0. The average Bonchev–Trinajstić information content (AvgIpc) is 3.71. The van der Waals surface area contributed by atoms with Crippen molar-refractivity contribution in [3.8, 4) is 0 Å². The third-order valence-corrected chi connectivity index (χ3v) is 4.06. The van der Waals surface area contributed by atoms with Crippen LogP contribution >= 0.6 is 0 Å². The maximum atomic E-state index is 10.6. The molecule has 4 atom stereocenters. The van der Waals surface area contributed by atoms with Gasteiger partial charge >= 0.3 is 41.9 Å². The summed E-state index contributed by atoms with van der Waals surface area (Å²) in [6.07, 6.45) is -1.30. The first-order valence-corrected chi connectivity index (χ1v) is 11.2. The summed E-state index contributed by atoms with van der Waals surface area (Å²) in [5.41, 5.74) is 0. The minimum Gasteiger partial charge on any atom is -1.00 e. The maximum Gasteiger partial charge on any atom is 1.00 e. The van der Waals surface area contributed by atoms with E-state index >= 15 is 0 Å².